The molecule has 1 heterocycles. The molecule has 1 aliphatic carbocycles. The second-order valence-electron chi connectivity index (χ2n) is 8.09. The quantitative estimate of drug-likeness (QED) is 0.489. The number of benzene rings is 2. The number of aryl methyl sites for hydroxylation is 3. The van der Waals surface area contributed by atoms with Crippen LogP contribution >= 0.6 is 0 Å². The number of carboxylic acid groups (broad SMARTS) is 1. The first-order chi connectivity index (χ1) is 15.1. The Kier molecular flexibility index (Phi) is 6.40. The van der Waals surface area contributed by atoms with Crippen molar-refractivity contribution in [2.45, 2.75) is 58.3 Å². The molecule has 0 radical (unpaired) electrons. The molecule has 1 aromatic heterocycles. The monoisotopic (exact) mass is 419 g/mol. The zero-order valence-electron chi connectivity index (χ0n) is 18.2. The number of aliphatic carboxylic acids is 1. The summed E-state index contributed by atoms with van der Waals surface area (Å²) >= 11 is 0. The summed E-state index contributed by atoms with van der Waals surface area (Å²) in [4.78, 5) is 15.8. The number of carbonyl (C=O) groups is 1. The lowest BCUT2D eigenvalue weighted by Crippen LogP contribution is -2.05. The van der Waals surface area contributed by atoms with Crippen molar-refractivity contribution in [3.8, 4) is 17.2 Å². The lowest BCUT2D eigenvalue weighted by atomic mass is 9.98. The van der Waals surface area contributed by atoms with Gasteiger partial charge in [0.1, 0.15) is 11.5 Å². The summed E-state index contributed by atoms with van der Waals surface area (Å²) in [6, 6.07) is 14.4. The number of ether oxygens (including phenoxy) is 1. The Morgan fingerprint density at radius 3 is 2.68 bits per heavy atom. The van der Waals surface area contributed by atoms with Crippen LogP contribution in [0.5, 0.6) is 5.75 Å². The minimum atomic E-state index is -0.738. The summed E-state index contributed by atoms with van der Waals surface area (Å²) in [6.07, 6.45) is 4.48. The van der Waals surface area contributed by atoms with Crippen LogP contribution in [0.25, 0.3) is 11.5 Å². The molecule has 5 nitrogen and oxygen atoms in total. The largest absolute Gasteiger partial charge is 0.493 e. The second-order valence-corrected chi connectivity index (χ2v) is 8.09. The lowest BCUT2D eigenvalue weighted by Gasteiger charge is -2.10. The van der Waals surface area contributed by atoms with E-state index in [0.29, 0.717) is 18.9 Å². The van der Waals surface area contributed by atoms with Crippen LogP contribution in [0.1, 0.15) is 60.8 Å². The number of hydrogen-bond donors (Lipinski definition) is 1. The first-order valence-corrected chi connectivity index (χ1v) is 11.1. The van der Waals surface area contributed by atoms with Crippen molar-refractivity contribution in [1.29, 1.82) is 0 Å². The van der Waals surface area contributed by atoms with Crippen molar-refractivity contribution in [2.75, 3.05) is 6.61 Å². The summed E-state index contributed by atoms with van der Waals surface area (Å²) < 4.78 is 12.0. The Morgan fingerprint density at radius 2 is 1.97 bits per heavy atom. The highest BCUT2D eigenvalue weighted by Gasteiger charge is 2.25. The molecule has 0 bridgehead atoms. The predicted octanol–water partition coefficient (Wildman–Crippen LogP) is 5.59. The summed E-state index contributed by atoms with van der Waals surface area (Å²) in [5, 5.41) is 9.08. The van der Waals surface area contributed by atoms with Crippen LogP contribution < -0.4 is 4.74 Å². The molecule has 1 N–H and O–H groups in total. The van der Waals surface area contributed by atoms with E-state index in [-0.39, 0.29) is 12.3 Å². The standard InChI is InChI=1S/C26H29NO4/c1-3-17-5-7-18(8-6-17)26-27-23(24(4-2)31-26)13-14-30-21-11-12-22-19(15-21)9-10-20(22)16-25(28)29/h5-8,11-12,15,20H,3-4,9-10,13-14,16H2,1-2H3,(H,28,29). The van der Waals surface area contributed by atoms with Crippen LogP contribution in [0, 0.1) is 0 Å². The molecule has 2 aromatic carbocycles. The maximum Gasteiger partial charge on any atom is 0.303 e. The minimum Gasteiger partial charge on any atom is -0.493 e. The Bertz CT molecular complexity index is 1050. The van der Waals surface area contributed by atoms with E-state index in [4.69, 9.17) is 19.2 Å². The number of fused-ring (bicyclic) bond motifs is 1. The van der Waals surface area contributed by atoms with Gasteiger partial charge < -0.3 is 14.3 Å². The van der Waals surface area contributed by atoms with Crippen LogP contribution in [-0.4, -0.2) is 22.7 Å². The van der Waals surface area contributed by atoms with E-state index in [2.05, 4.69) is 44.2 Å². The molecule has 0 amide bonds. The number of oxazole rings is 1. The molecule has 31 heavy (non-hydrogen) atoms. The second kappa shape index (κ2) is 9.38. The third-order valence-electron chi connectivity index (χ3n) is 6.05. The molecule has 0 aliphatic heterocycles. The van der Waals surface area contributed by atoms with Crippen LogP contribution in [-0.2, 0) is 30.5 Å². The molecule has 0 fully saturated rings. The molecule has 5 heteroatoms. The molecular weight excluding hydrogens is 390 g/mol. The average molecular weight is 420 g/mol. The molecule has 162 valence electrons. The maximum atomic E-state index is 11.0. The fourth-order valence-corrected chi connectivity index (χ4v) is 4.32. The summed E-state index contributed by atoms with van der Waals surface area (Å²) in [5.74, 6) is 1.78. The van der Waals surface area contributed by atoms with E-state index in [9.17, 15) is 4.79 Å². The van der Waals surface area contributed by atoms with Crippen molar-refractivity contribution in [3.63, 3.8) is 0 Å². The van der Waals surface area contributed by atoms with Gasteiger partial charge in [-0.15, -0.1) is 0 Å². The van der Waals surface area contributed by atoms with Gasteiger partial charge in [-0.05, 0) is 66.1 Å². The van der Waals surface area contributed by atoms with E-state index >= 15 is 0 Å². The zero-order chi connectivity index (χ0) is 21.8. The fraction of sp³-hybridized carbons (Fsp3) is 0.385. The number of aromatic nitrogens is 1. The molecule has 0 spiro atoms. The van der Waals surface area contributed by atoms with Crippen molar-refractivity contribution in [2.24, 2.45) is 0 Å². The minimum absolute atomic E-state index is 0.119. The van der Waals surface area contributed by atoms with Gasteiger partial charge in [-0.1, -0.05) is 32.0 Å². The van der Waals surface area contributed by atoms with E-state index in [1.807, 2.05) is 12.1 Å². The zero-order valence-corrected chi connectivity index (χ0v) is 18.2. The fourth-order valence-electron chi connectivity index (χ4n) is 4.32. The summed E-state index contributed by atoms with van der Waals surface area (Å²) in [7, 11) is 0. The molecule has 1 aliphatic rings. The first-order valence-electron chi connectivity index (χ1n) is 11.1. The van der Waals surface area contributed by atoms with Gasteiger partial charge in [0, 0.05) is 18.4 Å². The molecule has 0 saturated carbocycles. The summed E-state index contributed by atoms with van der Waals surface area (Å²) in [6.45, 7) is 4.73. The number of nitrogens with zero attached hydrogens (tertiary/aromatic N) is 1. The van der Waals surface area contributed by atoms with Crippen molar-refractivity contribution >= 4 is 5.97 Å². The SMILES string of the molecule is CCc1ccc(-c2nc(CCOc3ccc4c(c3)CCC4CC(=O)O)c(CC)o2)cc1. The highest BCUT2D eigenvalue weighted by Crippen LogP contribution is 2.37. The Balaban J connectivity index is 1.39. The number of carboxylic acids is 1. The van der Waals surface area contributed by atoms with Gasteiger partial charge in [-0.3, -0.25) is 4.79 Å². The molecule has 0 saturated heterocycles. The molecule has 4 rings (SSSR count). The van der Waals surface area contributed by atoms with Gasteiger partial charge in [-0.25, -0.2) is 4.98 Å². The topological polar surface area (TPSA) is 72.6 Å². The van der Waals surface area contributed by atoms with Crippen LogP contribution in [0.4, 0.5) is 0 Å². The van der Waals surface area contributed by atoms with E-state index in [0.717, 1.165) is 54.0 Å². The van der Waals surface area contributed by atoms with E-state index in [1.54, 1.807) is 0 Å². The van der Waals surface area contributed by atoms with Crippen molar-refractivity contribution in [1.82, 2.24) is 4.98 Å². The van der Waals surface area contributed by atoms with E-state index < -0.39 is 5.97 Å². The lowest BCUT2D eigenvalue weighted by molar-refractivity contribution is -0.137. The van der Waals surface area contributed by atoms with Crippen LogP contribution in [0.3, 0.4) is 0 Å². The highest BCUT2D eigenvalue weighted by molar-refractivity contribution is 5.68. The van der Waals surface area contributed by atoms with Gasteiger partial charge in [0.25, 0.3) is 0 Å². The van der Waals surface area contributed by atoms with Crippen molar-refractivity contribution < 1.29 is 19.1 Å². The van der Waals surface area contributed by atoms with Gasteiger partial charge in [0.2, 0.25) is 5.89 Å². The maximum absolute atomic E-state index is 11.0. The van der Waals surface area contributed by atoms with Gasteiger partial charge in [0.15, 0.2) is 0 Å². The normalized spacial score (nSPS) is 15.1. The van der Waals surface area contributed by atoms with Gasteiger partial charge >= 0.3 is 5.97 Å². The third-order valence-corrected chi connectivity index (χ3v) is 6.05. The Hall–Kier alpha value is -3.08. The molecular formula is C26H29NO4. The van der Waals surface area contributed by atoms with Crippen LogP contribution in [0.2, 0.25) is 0 Å². The number of rotatable bonds is 9. The van der Waals surface area contributed by atoms with Crippen LogP contribution in [0.15, 0.2) is 46.9 Å². The third kappa shape index (κ3) is 4.82. The molecule has 1 atom stereocenters. The van der Waals surface area contributed by atoms with Gasteiger partial charge in [-0.2, -0.15) is 0 Å². The van der Waals surface area contributed by atoms with Gasteiger partial charge in [0.05, 0.1) is 18.7 Å². The summed E-state index contributed by atoms with van der Waals surface area (Å²) in [5.41, 5.74) is 5.59. The Labute approximate surface area is 183 Å². The van der Waals surface area contributed by atoms with Crippen molar-refractivity contribution in [3.05, 3.63) is 70.6 Å². The molecule has 1 unspecified atom stereocenters. The first kappa shape index (κ1) is 21.2. The van der Waals surface area contributed by atoms with E-state index in [1.165, 1.54) is 11.1 Å². The smallest absolute Gasteiger partial charge is 0.303 e. The average Bonchev–Trinajstić information content (AvgIpc) is 3.37. The Morgan fingerprint density at radius 1 is 1.16 bits per heavy atom. The molecule has 3 aromatic rings. The number of hydrogen-bond acceptors (Lipinski definition) is 4. The predicted molar refractivity (Wildman–Crippen MR) is 120 cm³/mol. The highest BCUT2D eigenvalue weighted by atomic mass is 16.5.